The smallest absolute Gasteiger partial charge is 0.306 e. The Kier molecular flexibility index (Phi) is 5.39. The molecule has 1 aromatic carbocycles. The summed E-state index contributed by atoms with van der Waals surface area (Å²) >= 11 is 0. The molecule has 1 aliphatic heterocycles. The van der Waals surface area contributed by atoms with E-state index < -0.39 is 6.09 Å². The topological polar surface area (TPSA) is 75.1 Å². The maximum atomic E-state index is 11.8. The average Bonchev–Trinajstić information content (AvgIpc) is 2.48. The van der Waals surface area contributed by atoms with E-state index in [0.29, 0.717) is 5.71 Å². The number of oxime groups is 1. The van der Waals surface area contributed by atoms with Gasteiger partial charge in [-0.25, -0.2) is 10.2 Å². The summed E-state index contributed by atoms with van der Waals surface area (Å²) in [6.07, 6.45) is 0.846. The van der Waals surface area contributed by atoms with Gasteiger partial charge in [0.05, 0.1) is 5.71 Å². The molecule has 24 heavy (non-hydrogen) atoms. The molecule has 0 bridgehead atoms. The Morgan fingerprint density at radius 2 is 1.71 bits per heavy atom. The number of hydrogen-bond donors (Lipinski definition) is 2. The summed E-state index contributed by atoms with van der Waals surface area (Å²) < 4.78 is 0. The van der Waals surface area contributed by atoms with E-state index in [-0.39, 0.29) is 11.1 Å². The van der Waals surface area contributed by atoms with E-state index in [4.69, 9.17) is 4.84 Å². The van der Waals surface area contributed by atoms with Gasteiger partial charge in [-0.15, -0.1) is 0 Å². The van der Waals surface area contributed by atoms with Gasteiger partial charge in [0.25, 0.3) is 0 Å². The summed E-state index contributed by atoms with van der Waals surface area (Å²) in [6, 6.07) is 9.53. The molecule has 1 amide bonds. The number of rotatable bonds is 3. The molecule has 1 saturated heterocycles. The van der Waals surface area contributed by atoms with Crippen molar-refractivity contribution in [3.8, 4) is 0 Å². The average molecular weight is 330 g/mol. The first kappa shape index (κ1) is 18.1. The quantitative estimate of drug-likeness (QED) is 0.506. The van der Waals surface area contributed by atoms with E-state index in [1.54, 1.807) is 6.92 Å². The van der Waals surface area contributed by atoms with Crippen LogP contribution in [-0.2, 0) is 4.84 Å². The minimum Gasteiger partial charge on any atom is -0.306 e. The molecule has 6 heteroatoms. The molecular weight excluding hydrogens is 304 g/mol. The highest BCUT2D eigenvalue weighted by atomic mass is 16.7. The summed E-state index contributed by atoms with van der Waals surface area (Å²) in [5.41, 5.74) is 4.77. The largest absolute Gasteiger partial charge is 0.453 e. The fourth-order valence-corrected chi connectivity index (χ4v) is 3.15. The first-order valence-corrected chi connectivity index (χ1v) is 8.09. The van der Waals surface area contributed by atoms with Gasteiger partial charge >= 0.3 is 6.09 Å². The SMILES string of the molecule is C/C(=N\OC(=O)NN=C1CC(C)(C)NC(C)(C)C1)c1ccccc1. The second-order valence-electron chi connectivity index (χ2n) is 7.46. The van der Waals surface area contributed by atoms with Gasteiger partial charge in [0.1, 0.15) is 0 Å². The number of nitrogens with zero attached hydrogens (tertiary/aromatic N) is 2. The molecule has 0 saturated carbocycles. The first-order chi connectivity index (χ1) is 11.2. The number of piperidine rings is 1. The fourth-order valence-electron chi connectivity index (χ4n) is 3.15. The summed E-state index contributed by atoms with van der Waals surface area (Å²) in [4.78, 5) is 16.6. The molecule has 2 rings (SSSR count). The van der Waals surface area contributed by atoms with Gasteiger partial charge in [-0.3, -0.25) is 4.84 Å². The first-order valence-electron chi connectivity index (χ1n) is 8.09. The van der Waals surface area contributed by atoms with E-state index in [9.17, 15) is 4.79 Å². The Balaban J connectivity index is 1.93. The molecule has 0 aliphatic carbocycles. The van der Waals surface area contributed by atoms with Crippen molar-refractivity contribution in [2.75, 3.05) is 0 Å². The molecule has 6 nitrogen and oxygen atoms in total. The van der Waals surface area contributed by atoms with Crippen molar-refractivity contribution in [3.63, 3.8) is 0 Å². The van der Waals surface area contributed by atoms with Crippen molar-refractivity contribution in [2.45, 2.75) is 58.5 Å². The molecule has 0 unspecified atom stereocenters. The second-order valence-corrected chi connectivity index (χ2v) is 7.46. The molecular formula is C18H26N4O2. The van der Waals surface area contributed by atoms with Gasteiger partial charge in [-0.1, -0.05) is 35.5 Å². The highest BCUT2D eigenvalue weighted by Gasteiger charge is 2.35. The van der Waals surface area contributed by atoms with Gasteiger partial charge in [-0.2, -0.15) is 5.10 Å². The molecule has 0 spiro atoms. The van der Waals surface area contributed by atoms with Crippen LogP contribution in [-0.4, -0.2) is 28.6 Å². The number of amides is 1. The Labute approximate surface area is 143 Å². The van der Waals surface area contributed by atoms with Crippen LogP contribution in [0.25, 0.3) is 0 Å². The lowest BCUT2D eigenvalue weighted by Crippen LogP contribution is -2.58. The molecule has 1 aromatic rings. The van der Waals surface area contributed by atoms with E-state index in [1.807, 2.05) is 30.3 Å². The zero-order chi connectivity index (χ0) is 17.8. The molecule has 1 aliphatic rings. The molecule has 130 valence electrons. The number of nitrogens with one attached hydrogen (secondary N) is 2. The Morgan fingerprint density at radius 3 is 2.29 bits per heavy atom. The third-order valence-electron chi connectivity index (χ3n) is 3.73. The van der Waals surface area contributed by atoms with Crippen LogP contribution in [0, 0.1) is 0 Å². The minimum atomic E-state index is -0.688. The predicted molar refractivity (Wildman–Crippen MR) is 96.2 cm³/mol. The van der Waals surface area contributed by atoms with Gasteiger partial charge < -0.3 is 5.32 Å². The third-order valence-corrected chi connectivity index (χ3v) is 3.73. The highest BCUT2D eigenvalue weighted by Crippen LogP contribution is 2.26. The molecule has 0 aromatic heterocycles. The van der Waals surface area contributed by atoms with Crippen LogP contribution in [0.2, 0.25) is 0 Å². The molecule has 0 radical (unpaired) electrons. The van der Waals surface area contributed by atoms with Crippen molar-refractivity contribution < 1.29 is 9.63 Å². The van der Waals surface area contributed by atoms with Crippen LogP contribution in [0.5, 0.6) is 0 Å². The monoisotopic (exact) mass is 330 g/mol. The van der Waals surface area contributed by atoms with Crippen LogP contribution < -0.4 is 10.7 Å². The number of hydrazone groups is 1. The third kappa shape index (κ3) is 5.45. The molecule has 1 heterocycles. The highest BCUT2D eigenvalue weighted by molar-refractivity contribution is 5.98. The lowest BCUT2D eigenvalue weighted by molar-refractivity contribution is 0.151. The summed E-state index contributed by atoms with van der Waals surface area (Å²) in [6.45, 7) is 10.3. The zero-order valence-electron chi connectivity index (χ0n) is 15.0. The normalized spacial score (nSPS) is 19.5. The minimum absolute atomic E-state index is 0.0613. The van der Waals surface area contributed by atoms with E-state index >= 15 is 0 Å². The summed E-state index contributed by atoms with van der Waals surface area (Å²) in [7, 11) is 0. The Hall–Kier alpha value is -2.21. The molecule has 1 fully saturated rings. The van der Waals surface area contributed by atoms with E-state index in [2.05, 4.69) is 48.7 Å². The number of hydrogen-bond acceptors (Lipinski definition) is 5. The fraction of sp³-hybridized carbons (Fsp3) is 0.500. The standard InChI is InChI=1S/C18H26N4O2/c1-13(14-9-7-6-8-10-14)21-24-16(23)20-19-15-11-17(2,3)22-18(4,5)12-15/h6-10,22H,11-12H2,1-5H3,(H,20,23)/b21-13+. The lowest BCUT2D eigenvalue weighted by Gasteiger charge is -2.43. The van der Waals surface area contributed by atoms with Crippen molar-refractivity contribution in [1.82, 2.24) is 10.7 Å². The van der Waals surface area contributed by atoms with Crippen LogP contribution in [0.3, 0.4) is 0 Å². The van der Waals surface area contributed by atoms with Crippen molar-refractivity contribution >= 4 is 17.5 Å². The van der Waals surface area contributed by atoms with Gasteiger partial charge in [0, 0.05) is 29.6 Å². The van der Waals surface area contributed by atoms with Crippen molar-refractivity contribution in [1.29, 1.82) is 0 Å². The van der Waals surface area contributed by atoms with Crippen molar-refractivity contribution in [2.24, 2.45) is 10.3 Å². The van der Waals surface area contributed by atoms with Gasteiger partial charge in [-0.05, 0) is 40.2 Å². The maximum absolute atomic E-state index is 11.8. The predicted octanol–water partition coefficient (Wildman–Crippen LogP) is 3.43. The number of benzene rings is 1. The number of carbonyl (C=O) groups is 1. The van der Waals surface area contributed by atoms with Crippen LogP contribution in [0.15, 0.2) is 40.6 Å². The van der Waals surface area contributed by atoms with E-state index in [0.717, 1.165) is 24.1 Å². The number of carbonyl (C=O) groups excluding carboxylic acids is 1. The summed E-state index contributed by atoms with van der Waals surface area (Å²) in [5.74, 6) is 0. The van der Waals surface area contributed by atoms with Crippen LogP contribution >= 0.6 is 0 Å². The Morgan fingerprint density at radius 1 is 1.12 bits per heavy atom. The molecule has 2 N–H and O–H groups in total. The lowest BCUT2D eigenvalue weighted by atomic mass is 9.81. The van der Waals surface area contributed by atoms with Crippen LogP contribution in [0.1, 0.15) is 53.0 Å². The van der Waals surface area contributed by atoms with Gasteiger partial charge in [0.2, 0.25) is 0 Å². The van der Waals surface area contributed by atoms with Crippen molar-refractivity contribution in [3.05, 3.63) is 35.9 Å². The molecule has 0 atom stereocenters. The second kappa shape index (κ2) is 7.13. The van der Waals surface area contributed by atoms with Gasteiger partial charge in [0.15, 0.2) is 0 Å². The van der Waals surface area contributed by atoms with E-state index in [1.165, 1.54) is 0 Å². The zero-order valence-corrected chi connectivity index (χ0v) is 15.0. The Bertz CT molecular complexity index is 630. The summed E-state index contributed by atoms with van der Waals surface area (Å²) in [5, 5.41) is 11.6. The van der Waals surface area contributed by atoms with Crippen LogP contribution in [0.4, 0.5) is 4.79 Å². The maximum Gasteiger partial charge on any atom is 0.453 e.